The van der Waals surface area contributed by atoms with Crippen LogP contribution in [-0.2, 0) is 0 Å². The van der Waals surface area contributed by atoms with Crippen LogP contribution in [0.2, 0.25) is 0 Å². The number of urea groups is 1. The first-order valence-corrected chi connectivity index (χ1v) is 7.26. The number of carbonyl (C=O) groups excluding carboxylic acids is 1. The Morgan fingerprint density at radius 2 is 1.71 bits per heavy atom. The van der Waals surface area contributed by atoms with Crippen molar-refractivity contribution in [3.05, 3.63) is 46.0 Å². The third-order valence-corrected chi connectivity index (χ3v) is 3.48. The second-order valence-electron chi connectivity index (χ2n) is 4.15. The minimum atomic E-state index is -0.345. The number of nitrogens with one attached hydrogen (secondary N) is 2. The van der Waals surface area contributed by atoms with Gasteiger partial charge in [0.25, 0.3) is 0 Å². The molecule has 2 aromatic rings. The van der Waals surface area contributed by atoms with Crippen LogP contribution in [0, 0.1) is 3.57 Å². The fraction of sp³-hybridized carbons (Fsp3) is 0.133. The van der Waals surface area contributed by atoms with Gasteiger partial charge in [0.1, 0.15) is 11.5 Å². The van der Waals surface area contributed by atoms with E-state index in [1.54, 1.807) is 32.4 Å². The van der Waals surface area contributed by atoms with Crippen molar-refractivity contribution >= 4 is 40.0 Å². The van der Waals surface area contributed by atoms with Crippen molar-refractivity contribution in [1.82, 2.24) is 0 Å². The lowest BCUT2D eigenvalue weighted by atomic mass is 10.2. The third-order valence-electron chi connectivity index (χ3n) is 2.76. The minimum Gasteiger partial charge on any atom is -0.497 e. The summed E-state index contributed by atoms with van der Waals surface area (Å²) in [5, 5.41) is 5.50. The van der Waals surface area contributed by atoms with Gasteiger partial charge in [0.15, 0.2) is 0 Å². The minimum absolute atomic E-state index is 0.345. The zero-order valence-corrected chi connectivity index (χ0v) is 13.8. The molecule has 6 heteroatoms. The first-order chi connectivity index (χ1) is 10.1. The first kappa shape index (κ1) is 15.4. The average molecular weight is 398 g/mol. The zero-order valence-electron chi connectivity index (χ0n) is 11.6. The van der Waals surface area contributed by atoms with Crippen LogP contribution in [0.5, 0.6) is 11.5 Å². The molecule has 2 aromatic carbocycles. The van der Waals surface area contributed by atoms with Crippen LogP contribution in [0.4, 0.5) is 16.2 Å². The molecule has 2 N–H and O–H groups in total. The van der Waals surface area contributed by atoms with Gasteiger partial charge in [-0.2, -0.15) is 0 Å². The maximum absolute atomic E-state index is 12.0. The summed E-state index contributed by atoms with van der Waals surface area (Å²) in [6, 6.07) is 12.4. The van der Waals surface area contributed by atoms with Crippen molar-refractivity contribution in [2.75, 3.05) is 24.9 Å². The third kappa shape index (κ3) is 4.25. The fourth-order valence-electron chi connectivity index (χ4n) is 1.73. The Bertz CT molecular complexity index is 629. The highest BCUT2D eigenvalue weighted by atomic mass is 127. The molecule has 0 aliphatic rings. The number of rotatable bonds is 4. The van der Waals surface area contributed by atoms with Crippen molar-refractivity contribution in [1.29, 1.82) is 0 Å². The number of halogens is 1. The Kier molecular flexibility index (Phi) is 5.26. The zero-order chi connectivity index (χ0) is 15.2. The molecule has 0 heterocycles. The molecule has 0 aliphatic heterocycles. The molecule has 0 fully saturated rings. The number of hydrogen-bond acceptors (Lipinski definition) is 3. The van der Waals surface area contributed by atoms with E-state index in [0.717, 1.165) is 9.26 Å². The Hall–Kier alpha value is -1.96. The molecule has 110 valence electrons. The second-order valence-corrected chi connectivity index (χ2v) is 5.40. The Morgan fingerprint density at radius 3 is 2.33 bits per heavy atom. The van der Waals surface area contributed by atoms with Gasteiger partial charge in [0.05, 0.1) is 19.9 Å². The smallest absolute Gasteiger partial charge is 0.323 e. The highest BCUT2D eigenvalue weighted by Crippen LogP contribution is 2.29. The monoisotopic (exact) mass is 398 g/mol. The molecule has 0 saturated heterocycles. The number of amides is 2. The normalized spacial score (nSPS) is 9.86. The summed E-state index contributed by atoms with van der Waals surface area (Å²) >= 11 is 2.21. The van der Waals surface area contributed by atoms with Crippen LogP contribution >= 0.6 is 22.6 Å². The van der Waals surface area contributed by atoms with Gasteiger partial charge in [-0.15, -0.1) is 0 Å². The number of methoxy groups -OCH3 is 2. The number of hydrogen-bond donors (Lipinski definition) is 2. The van der Waals surface area contributed by atoms with Crippen molar-refractivity contribution in [2.45, 2.75) is 0 Å². The van der Waals surface area contributed by atoms with E-state index in [2.05, 4.69) is 33.2 Å². The molecule has 0 radical (unpaired) electrons. The summed E-state index contributed by atoms with van der Waals surface area (Å²) in [4.78, 5) is 12.0. The van der Waals surface area contributed by atoms with Crippen LogP contribution in [0.1, 0.15) is 0 Å². The van der Waals surface area contributed by atoms with Crippen LogP contribution in [0.25, 0.3) is 0 Å². The maximum atomic E-state index is 12.0. The van der Waals surface area contributed by atoms with Crippen LogP contribution in [0.3, 0.4) is 0 Å². The van der Waals surface area contributed by atoms with Crippen molar-refractivity contribution in [2.24, 2.45) is 0 Å². The molecule has 21 heavy (non-hydrogen) atoms. The summed E-state index contributed by atoms with van der Waals surface area (Å²) < 4.78 is 11.5. The van der Waals surface area contributed by atoms with Gasteiger partial charge in [0.2, 0.25) is 0 Å². The standard InChI is InChI=1S/C15H15IN2O3/c1-20-12-7-8-14(21-2)13(9-12)18-15(19)17-11-5-3-10(16)4-6-11/h3-9H,1-2H3,(H2,17,18,19). The second kappa shape index (κ2) is 7.16. The number of anilines is 2. The molecule has 0 spiro atoms. The molecule has 0 atom stereocenters. The quantitative estimate of drug-likeness (QED) is 0.767. The molecule has 0 unspecified atom stereocenters. The first-order valence-electron chi connectivity index (χ1n) is 6.18. The molecular formula is C15H15IN2O3. The van der Waals surface area contributed by atoms with Crippen molar-refractivity contribution in [3.8, 4) is 11.5 Å². The summed E-state index contributed by atoms with van der Waals surface area (Å²) in [5.74, 6) is 1.20. The van der Waals surface area contributed by atoms with Crippen molar-refractivity contribution < 1.29 is 14.3 Å². The van der Waals surface area contributed by atoms with Crippen LogP contribution in [-0.4, -0.2) is 20.3 Å². The topological polar surface area (TPSA) is 59.6 Å². The Morgan fingerprint density at radius 1 is 1.00 bits per heavy atom. The molecule has 2 amide bonds. The van der Waals surface area contributed by atoms with Gasteiger partial charge < -0.3 is 20.1 Å². The average Bonchev–Trinajstić information content (AvgIpc) is 2.49. The van der Waals surface area contributed by atoms with Gasteiger partial charge in [-0.25, -0.2) is 4.79 Å². The van der Waals surface area contributed by atoms with Crippen LogP contribution in [0.15, 0.2) is 42.5 Å². The Labute approximate surface area is 136 Å². The SMILES string of the molecule is COc1ccc(OC)c(NC(=O)Nc2ccc(I)cc2)c1. The molecular weight excluding hydrogens is 383 g/mol. The van der Waals surface area contributed by atoms with E-state index in [0.29, 0.717) is 17.2 Å². The van der Waals surface area contributed by atoms with E-state index in [-0.39, 0.29) is 6.03 Å². The lowest BCUT2D eigenvalue weighted by Gasteiger charge is -2.12. The highest BCUT2D eigenvalue weighted by Gasteiger charge is 2.09. The summed E-state index contributed by atoms with van der Waals surface area (Å²) in [6.07, 6.45) is 0. The maximum Gasteiger partial charge on any atom is 0.323 e. The van der Waals surface area contributed by atoms with E-state index in [4.69, 9.17) is 9.47 Å². The van der Waals surface area contributed by atoms with Gasteiger partial charge in [0, 0.05) is 15.3 Å². The predicted octanol–water partition coefficient (Wildman–Crippen LogP) is 3.95. The van der Waals surface area contributed by atoms with Crippen molar-refractivity contribution in [3.63, 3.8) is 0 Å². The molecule has 2 rings (SSSR count). The largest absolute Gasteiger partial charge is 0.497 e. The van der Waals surface area contributed by atoms with E-state index in [1.165, 1.54) is 0 Å². The van der Waals surface area contributed by atoms with Gasteiger partial charge >= 0.3 is 6.03 Å². The summed E-state index contributed by atoms with van der Waals surface area (Å²) in [6.45, 7) is 0. The molecule has 0 aromatic heterocycles. The van der Waals surface area contributed by atoms with Crippen LogP contribution < -0.4 is 20.1 Å². The van der Waals surface area contributed by atoms with E-state index in [9.17, 15) is 4.79 Å². The van der Waals surface area contributed by atoms with Gasteiger partial charge in [-0.3, -0.25) is 0 Å². The highest BCUT2D eigenvalue weighted by molar-refractivity contribution is 14.1. The lowest BCUT2D eigenvalue weighted by molar-refractivity contribution is 0.262. The summed E-state index contributed by atoms with van der Waals surface area (Å²) in [7, 11) is 3.11. The molecule has 0 bridgehead atoms. The fourth-order valence-corrected chi connectivity index (χ4v) is 2.09. The van der Waals surface area contributed by atoms with Gasteiger partial charge in [-0.05, 0) is 59.0 Å². The number of ether oxygens (including phenoxy) is 2. The number of carbonyl (C=O) groups is 1. The Balaban J connectivity index is 2.09. The van der Waals surface area contributed by atoms with Gasteiger partial charge in [-0.1, -0.05) is 0 Å². The predicted molar refractivity (Wildman–Crippen MR) is 91.3 cm³/mol. The lowest BCUT2D eigenvalue weighted by Crippen LogP contribution is -2.19. The summed E-state index contributed by atoms with van der Waals surface area (Å²) in [5.41, 5.74) is 1.26. The van der Waals surface area contributed by atoms with E-state index < -0.39 is 0 Å². The molecule has 0 aliphatic carbocycles. The molecule has 5 nitrogen and oxygen atoms in total. The van der Waals surface area contributed by atoms with E-state index >= 15 is 0 Å². The number of benzene rings is 2. The molecule has 0 saturated carbocycles. The van der Waals surface area contributed by atoms with E-state index in [1.807, 2.05) is 24.3 Å².